The predicted molar refractivity (Wildman–Crippen MR) is 52.8 cm³/mol. The number of allylic oxidation sites excluding steroid dienone is 1. The first-order chi connectivity index (χ1) is 5.65. The number of rotatable bonds is 4. The van der Waals surface area contributed by atoms with Gasteiger partial charge in [0.05, 0.1) is 0 Å². The summed E-state index contributed by atoms with van der Waals surface area (Å²) in [5.74, 6) is 4.20. The molecule has 12 heavy (non-hydrogen) atoms. The topological polar surface area (TPSA) is 26.3 Å². The van der Waals surface area contributed by atoms with E-state index in [1.165, 1.54) is 7.11 Å². The fourth-order valence-corrected chi connectivity index (χ4v) is 4.59. The molecule has 0 spiro atoms. The van der Waals surface area contributed by atoms with Gasteiger partial charge in [-0.3, -0.25) is 0 Å². The van der Waals surface area contributed by atoms with Gasteiger partial charge in [-0.25, -0.2) is 0 Å². The molecule has 0 saturated heterocycles. The summed E-state index contributed by atoms with van der Waals surface area (Å²) in [4.78, 5) is 11.0. The van der Waals surface area contributed by atoms with E-state index in [9.17, 15) is 4.79 Å². The zero-order valence-corrected chi connectivity index (χ0v) is 11.2. The second-order valence-corrected chi connectivity index (χ2v) is 7.80. The number of esters is 1. The SMILES string of the molecule is COC(=O)/C(C)=C/C([Se]C)[Se]C. The molecule has 70 valence electrons. The maximum atomic E-state index is 11.0. The molecule has 0 heterocycles. The Kier molecular flexibility index (Phi) is 6.87. The Bertz CT molecular complexity index is 174. The van der Waals surface area contributed by atoms with Gasteiger partial charge in [-0.2, -0.15) is 0 Å². The summed E-state index contributed by atoms with van der Waals surface area (Å²) in [6, 6.07) is 0. The summed E-state index contributed by atoms with van der Waals surface area (Å²) in [6.07, 6.45) is 2.05. The Morgan fingerprint density at radius 1 is 1.42 bits per heavy atom. The predicted octanol–water partition coefficient (Wildman–Crippen LogP) is 1.36. The quantitative estimate of drug-likeness (QED) is 0.445. The third-order valence-corrected chi connectivity index (χ3v) is 8.07. The van der Waals surface area contributed by atoms with Gasteiger partial charge in [0.2, 0.25) is 0 Å². The third-order valence-electron chi connectivity index (χ3n) is 1.36. The van der Waals surface area contributed by atoms with Crippen LogP contribution in [0.4, 0.5) is 0 Å². The standard InChI is InChI=1S/C8H14O2Se2/c1-6(8(9)10-2)5-7(11-3)12-4/h5,7H,1-4H3/b6-5+. The molecule has 0 saturated carbocycles. The molecule has 4 heteroatoms. The number of hydrogen-bond donors (Lipinski definition) is 0. The van der Waals surface area contributed by atoms with E-state index >= 15 is 0 Å². The first kappa shape index (κ1) is 12.2. The Morgan fingerprint density at radius 3 is 2.25 bits per heavy atom. The second kappa shape index (κ2) is 6.73. The fraction of sp³-hybridized carbons (Fsp3) is 0.625. The first-order valence-corrected chi connectivity index (χ1v) is 8.88. The van der Waals surface area contributed by atoms with Gasteiger partial charge >= 0.3 is 86.5 Å². The molecule has 0 unspecified atom stereocenters. The molecule has 0 radical (unpaired) electrons. The van der Waals surface area contributed by atoms with Crippen molar-refractivity contribution in [2.75, 3.05) is 7.11 Å². The Hall–Kier alpha value is 0.249. The average Bonchev–Trinajstić information content (AvgIpc) is 2.12. The molecule has 0 aliphatic heterocycles. The van der Waals surface area contributed by atoms with Gasteiger partial charge in [0.15, 0.2) is 0 Å². The van der Waals surface area contributed by atoms with Crippen LogP contribution in [0.2, 0.25) is 15.4 Å². The summed E-state index contributed by atoms with van der Waals surface area (Å²) in [5.41, 5.74) is 0.745. The van der Waals surface area contributed by atoms with Gasteiger partial charge in [-0.1, -0.05) is 0 Å². The van der Waals surface area contributed by atoms with Crippen molar-refractivity contribution in [3.63, 3.8) is 0 Å². The minimum absolute atomic E-state index is 0.200. The van der Waals surface area contributed by atoms with E-state index in [0.29, 0.717) is 33.6 Å². The molecule has 0 aliphatic rings. The number of ether oxygens (including phenoxy) is 1. The molecule has 0 bridgehead atoms. The molecule has 0 N–H and O–H groups in total. The molecular formula is C8H14O2Se2. The summed E-state index contributed by atoms with van der Waals surface area (Å²) in [7, 11) is 1.42. The van der Waals surface area contributed by atoms with Crippen molar-refractivity contribution < 1.29 is 9.53 Å². The van der Waals surface area contributed by atoms with Gasteiger partial charge in [-0.05, 0) is 0 Å². The van der Waals surface area contributed by atoms with Crippen molar-refractivity contribution in [1.82, 2.24) is 0 Å². The van der Waals surface area contributed by atoms with Crippen LogP contribution in [0.1, 0.15) is 6.92 Å². The van der Waals surface area contributed by atoms with Crippen LogP contribution in [0.3, 0.4) is 0 Å². The van der Waals surface area contributed by atoms with Gasteiger partial charge in [0, 0.05) is 0 Å². The van der Waals surface area contributed by atoms with Gasteiger partial charge in [0.1, 0.15) is 0 Å². The van der Waals surface area contributed by atoms with E-state index in [1.807, 2.05) is 13.0 Å². The minimum atomic E-state index is -0.200. The number of hydrogen-bond acceptors (Lipinski definition) is 2. The molecule has 0 aromatic carbocycles. The molecule has 0 aromatic rings. The Balaban J connectivity index is 4.21. The van der Waals surface area contributed by atoms with Crippen molar-refractivity contribution >= 4 is 35.9 Å². The van der Waals surface area contributed by atoms with Crippen LogP contribution >= 0.6 is 0 Å². The fourth-order valence-electron chi connectivity index (χ4n) is 0.665. The average molecular weight is 300 g/mol. The molecule has 0 rings (SSSR count). The maximum absolute atomic E-state index is 11.0. The molecule has 0 aliphatic carbocycles. The van der Waals surface area contributed by atoms with Crippen LogP contribution in [-0.4, -0.2) is 43.0 Å². The number of carbonyl (C=O) groups is 1. The van der Waals surface area contributed by atoms with E-state index in [4.69, 9.17) is 0 Å². The van der Waals surface area contributed by atoms with Crippen molar-refractivity contribution in [2.24, 2.45) is 0 Å². The summed E-state index contributed by atoms with van der Waals surface area (Å²) >= 11 is 1.20. The molecule has 2 nitrogen and oxygen atoms in total. The summed E-state index contributed by atoms with van der Waals surface area (Å²) < 4.78 is 5.24. The second-order valence-electron chi connectivity index (χ2n) is 2.18. The van der Waals surface area contributed by atoms with E-state index in [-0.39, 0.29) is 5.97 Å². The molecular weight excluding hydrogens is 286 g/mol. The van der Waals surface area contributed by atoms with Crippen molar-refractivity contribution in [2.45, 2.75) is 22.3 Å². The van der Waals surface area contributed by atoms with Crippen LogP contribution in [0.25, 0.3) is 0 Å². The van der Waals surface area contributed by atoms with E-state index in [1.54, 1.807) is 0 Å². The van der Waals surface area contributed by atoms with E-state index in [2.05, 4.69) is 16.4 Å². The van der Waals surface area contributed by atoms with Gasteiger partial charge in [-0.15, -0.1) is 0 Å². The number of carbonyl (C=O) groups excluding carboxylic acids is 1. The number of methoxy groups -OCH3 is 1. The zero-order chi connectivity index (χ0) is 9.56. The van der Waals surface area contributed by atoms with Crippen LogP contribution < -0.4 is 0 Å². The zero-order valence-electron chi connectivity index (χ0n) is 7.79. The van der Waals surface area contributed by atoms with E-state index in [0.717, 1.165) is 5.57 Å². The third kappa shape index (κ3) is 4.32. The van der Waals surface area contributed by atoms with Crippen molar-refractivity contribution in [3.8, 4) is 0 Å². The van der Waals surface area contributed by atoms with Crippen molar-refractivity contribution in [3.05, 3.63) is 11.6 Å². The monoisotopic (exact) mass is 302 g/mol. The molecule has 0 fully saturated rings. The van der Waals surface area contributed by atoms with Crippen LogP contribution in [0.5, 0.6) is 0 Å². The summed E-state index contributed by atoms with van der Waals surface area (Å²) in [5, 5.41) is 0. The van der Waals surface area contributed by atoms with Gasteiger partial charge in [0.25, 0.3) is 0 Å². The molecule has 0 aromatic heterocycles. The van der Waals surface area contributed by atoms with Crippen LogP contribution in [0, 0.1) is 0 Å². The normalized spacial score (nSPS) is 11.9. The Morgan fingerprint density at radius 2 is 1.92 bits per heavy atom. The molecule has 0 amide bonds. The van der Waals surface area contributed by atoms with Gasteiger partial charge < -0.3 is 0 Å². The first-order valence-electron chi connectivity index (χ1n) is 3.48. The van der Waals surface area contributed by atoms with Crippen LogP contribution in [-0.2, 0) is 9.53 Å². The summed E-state index contributed by atoms with van der Waals surface area (Å²) in [6.45, 7) is 1.82. The van der Waals surface area contributed by atoms with E-state index < -0.39 is 0 Å². The van der Waals surface area contributed by atoms with Crippen molar-refractivity contribution in [1.29, 1.82) is 0 Å². The Labute approximate surface area is 86.4 Å². The molecule has 0 atom stereocenters. The van der Waals surface area contributed by atoms with Crippen LogP contribution in [0.15, 0.2) is 11.6 Å².